The topological polar surface area (TPSA) is 96.4 Å². The molecule has 0 aromatic carbocycles. The Bertz CT molecular complexity index is 656. The van der Waals surface area contributed by atoms with E-state index in [1.807, 2.05) is 13.8 Å². The van der Waals surface area contributed by atoms with E-state index in [-0.39, 0.29) is 18.4 Å². The molecule has 3 aliphatic rings. The van der Waals surface area contributed by atoms with Crippen LogP contribution in [0.4, 0.5) is 0 Å². The molecule has 9 heteroatoms. The lowest BCUT2D eigenvalue weighted by Gasteiger charge is -2.48. The molecule has 0 aromatic rings. The second-order valence-electron chi connectivity index (χ2n) is 8.02. The summed E-state index contributed by atoms with van der Waals surface area (Å²) in [7, 11) is 0. The predicted molar refractivity (Wildman–Crippen MR) is 98.3 cm³/mol. The van der Waals surface area contributed by atoms with E-state index in [1.54, 1.807) is 25.7 Å². The first-order chi connectivity index (χ1) is 12.6. The first-order valence-corrected chi connectivity index (χ1v) is 10.6. The highest BCUT2D eigenvalue weighted by Crippen LogP contribution is 2.49. The molecular formula is C18H28N2O6S. The Morgan fingerprint density at radius 3 is 2.59 bits per heavy atom. The van der Waals surface area contributed by atoms with Gasteiger partial charge in [-0.2, -0.15) is 0 Å². The maximum atomic E-state index is 13.5. The molecule has 8 nitrogen and oxygen atoms in total. The summed E-state index contributed by atoms with van der Waals surface area (Å²) in [5, 5.41) is 11.5. The number of thioether (sulfide) groups is 1. The van der Waals surface area contributed by atoms with Gasteiger partial charge in [0.15, 0.2) is 0 Å². The van der Waals surface area contributed by atoms with Crippen LogP contribution in [-0.2, 0) is 23.9 Å². The molecule has 3 rings (SSSR count). The largest absolute Gasteiger partial charge is 0.463 e. The van der Waals surface area contributed by atoms with Crippen molar-refractivity contribution in [2.24, 2.45) is 11.8 Å². The number of piperazine rings is 1. The van der Waals surface area contributed by atoms with E-state index >= 15 is 0 Å². The van der Waals surface area contributed by atoms with Crippen LogP contribution in [0.1, 0.15) is 41.0 Å². The third-order valence-electron chi connectivity index (χ3n) is 5.48. The fraction of sp³-hybridized carbons (Fsp3) is 0.833. The van der Waals surface area contributed by atoms with Gasteiger partial charge < -0.3 is 19.5 Å². The second kappa shape index (κ2) is 6.93. The van der Waals surface area contributed by atoms with Crippen molar-refractivity contribution >= 4 is 29.5 Å². The van der Waals surface area contributed by atoms with E-state index in [0.717, 1.165) is 4.90 Å². The number of hydrogen-bond acceptors (Lipinski definition) is 7. The zero-order valence-corrected chi connectivity index (χ0v) is 17.2. The van der Waals surface area contributed by atoms with Crippen molar-refractivity contribution in [3.8, 4) is 0 Å². The van der Waals surface area contributed by atoms with Crippen LogP contribution in [0.15, 0.2) is 0 Å². The molecule has 3 fully saturated rings. The minimum atomic E-state index is -2.04. The molecular weight excluding hydrogens is 372 g/mol. The first-order valence-electron chi connectivity index (χ1n) is 9.43. The molecule has 0 aromatic heterocycles. The number of carbonyl (C=O) groups excluding carboxylic acids is 3. The van der Waals surface area contributed by atoms with Gasteiger partial charge in [-0.25, -0.2) is 4.79 Å². The van der Waals surface area contributed by atoms with Gasteiger partial charge in [0, 0.05) is 11.7 Å². The summed E-state index contributed by atoms with van der Waals surface area (Å²) in [5.74, 6) is -3.35. The van der Waals surface area contributed by atoms with Gasteiger partial charge in [-0.3, -0.25) is 14.5 Å². The highest BCUT2D eigenvalue weighted by atomic mass is 32.2. The minimum Gasteiger partial charge on any atom is -0.463 e. The molecule has 27 heavy (non-hydrogen) atoms. The Labute approximate surface area is 163 Å². The molecule has 0 saturated carbocycles. The maximum absolute atomic E-state index is 13.5. The van der Waals surface area contributed by atoms with Gasteiger partial charge >= 0.3 is 5.97 Å². The smallest absolute Gasteiger partial charge is 0.348 e. The van der Waals surface area contributed by atoms with Crippen LogP contribution < -0.4 is 0 Å². The van der Waals surface area contributed by atoms with Crippen molar-refractivity contribution in [3.05, 3.63) is 0 Å². The molecule has 0 aliphatic carbocycles. The number of hydrogen-bond donors (Lipinski definition) is 1. The highest BCUT2D eigenvalue weighted by Gasteiger charge is 2.74. The zero-order valence-electron chi connectivity index (χ0n) is 16.4. The van der Waals surface area contributed by atoms with Crippen LogP contribution in [0.2, 0.25) is 0 Å². The average molecular weight is 400 g/mol. The third kappa shape index (κ3) is 2.77. The second-order valence-corrected chi connectivity index (χ2v) is 9.02. The van der Waals surface area contributed by atoms with Crippen molar-refractivity contribution < 1.29 is 29.0 Å². The number of fused-ring (bicyclic) bond motifs is 3. The summed E-state index contributed by atoms with van der Waals surface area (Å²) >= 11 is 1.49. The summed E-state index contributed by atoms with van der Waals surface area (Å²) in [6, 6.07) is -1.58. The van der Waals surface area contributed by atoms with E-state index in [0.29, 0.717) is 18.1 Å². The Morgan fingerprint density at radius 2 is 2.04 bits per heavy atom. The van der Waals surface area contributed by atoms with Gasteiger partial charge in [-0.15, -0.1) is 11.8 Å². The van der Waals surface area contributed by atoms with Crippen LogP contribution in [0, 0.1) is 11.8 Å². The van der Waals surface area contributed by atoms with Crippen molar-refractivity contribution in [2.45, 2.75) is 64.6 Å². The van der Waals surface area contributed by atoms with E-state index in [4.69, 9.17) is 9.47 Å². The molecule has 3 aliphatic heterocycles. The Balaban J connectivity index is 2.13. The summed E-state index contributed by atoms with van der Waals surface area (Å²) in [4.78, 5) is 42.1. The standard InChI is InChI=1S/C18H28N2O6S/c1-6-25-16(23)17(11(4)5)15(22)20-12(7-10(2)3)14(21)19-9-27-8-13(19)18(20,24)26-17/h10-13,24H,6-9H2,1-5H3/t12-,13+,17+,18-/m0/s1. The van der Waals surface area contributed by atoms with E-state index in [9.17, 15) is 19.5 Å². The predicted octanol–water partition coefficient (Wildman–Crippen LogP) is 0.779. The Morgan fingerprint density at radius 1 is 1.37 bits per heavy atom. The number of aliphatic hydroxyl groups is 1. The number of amides is 2. The van der Waals surface area contributed by atoms with E-state index < -0.39 is 41.4 Å². The minimum absolute atomic E-state index is 0.0854. The monoisotopic (exact) mass is 400 g/mol. The number of nitrogens with zero attached hydrogens (tertiary/aromatic N) is 2. The fourth-order valence-corrected chi connectivity index (χ4v) is 5.37. The molecule has 0 radical (unpaired) electrons. The Hall–Kier alpha value is -1.32. The van der Waals surface area contributed by atoms with Gasteiger partial charge in [0.1, 0.15) is 12.1 Å². The van der Waals surface area contributed by atoms with Crippen molar-refractivity contribution in [2.75, 3.05) is 18.2 Å². The lowest BCUT2D eigenvalue weighted by atomic mass is 9.88. The summed E-state index contributed by atoms with van der Waals surface area (Å²) in [5.41, 5.74) is -1.95. The third-order valence-corrected chi connectivity index (χ3v) is 6.49. The van der Waals surface area contributed by atoms with Crippen molar-refractivity contribution in [3.63, 3.8) is 0 Å². The SMILES string of the molecule is CCOC(=O)[C@]1(C(C)C)O[C@@]2(O)[C@H]3CSCN3C(=O)[C@H](CC(C)C)N2C1=O. The number of ether oxygens (including phenoxy) is 2. The molecule has 3 saturated heterocycles. The highest BCUT2D eigenvalue weighted by molar-refractivity contribution is 7.99. The summed E-state index contributed by atoms with van der Waals surface area (Å²) in [6.07, 6.45) is 0.376. The van der Waals surface area contributed by atoms with E-state index in [1.165, 1.54) is 11.8 Å². The van der Waals surface area contributed by atoms with Gasteiger partial charge in [0.25, 0.3) is 11.8 Å². The molecule has 0 bridgehead atoms. The number of rotatable bonds is 5. The van der Waals surface area contributed by atoms with Crippen LogP contribution in [-0.4, -0.2) is 74.5 Å². The van der Waals surface area contributed by atoms with Gasteiger partial charge in [-0.1, -0.05) is 27.7 Å². The number of carbonyl (C=O) groups is 3. The number of esters is 1. The van der Waals surface area contributed by atoms with Crippen LogP contribution in [0.5, 0.6) is 0 Å². The maximum Gasteiger partial charge on any atom is 0.348 e. The van der Waals surface area contributed by atoms with Crippen molar-refractivity contribution in [1.29, 1.82) is 0 Å². The Kier molecular flexibility index (Phi) is 5.24. The summed E-state index contributed by atoms with van der Waals surface area (Å²) in [6.45, 7) is 8.98. The van der Waals surface area contributed by atoms with E-state index in [2.05, 4.69) is 0 Å². The fourth-order valence-electron chi connectivity index (χ4n) is 4.14. The van der Waals surface area contributed by atoms with Crippen molar-refractivity contribution in [1.82, 2.24) is 9.80 Å². The quantitative estimate of drug-likeness (QED) is 0.538. The van der Waals surface area contributed by atoms with Gasteiger partial charge in [-0.05, 0) is 19.3 Å². The molecule has 0 spiro atoms. The lowest BCUT2D eigenvalue weighted by molar-refractivity contribution is -0.315. The molecule has 3 heterocycles. The van der Waals surface area contributed by atoms with Crippen LogP contribution in [0.25, 0.3) is 0 Å². The average Bonchev–Trinajstić information content (AvgIpc) is 3.15. The van der Waals surface area contributed by atoms with Gasteiger partial charge in [0.05, 0.1) is 12.5 Å². The molecule has 152 valence electrons. The molecule has 0 unspecified atom stereocenters. The lowest BCUT2D eigenvalue weighted by Crippen LogP contribution is -2.72. The van der Waals surface area contributed by atoms with Crippen LogP contribution >= 0.6 is 11.8 Å². The summed E-state index contributed by atoms with van der Waals surface area (Å²) < 4.78 is 11.1. The van der Waals surface area contributed by atoms with Crippen LogP contribution in [0.3, 0.4) is 0 Å². The normalized spacial score (nSPS) is 35.9. The molecule has 4 atom stereocenters. The molecule has 1 N–H and O–H groups in total. The first kappa shape index (κ1) is 20.4. The van der Waals surface area contributed by atoms with Gasteiger partial charge in [0.2, 0.25) is 11.5 Å². The molecule has 2 amide bonds. The zero-order chi connectivity index (χ0) is 20.1.